The van der Waals surface area contributed by atoms with E-state index in [1.54, 1.807) is 22.8 Å². The van der Waals surface area contributed by atoms with E-state index >= 15 is 0 Å². The maximum Gasteiger partial charge on any atom is 0.420 e. The van der Waals surface area contributed by atoms with Gasteiger partial charge in [0.15, 0.2) is 5.58 Å². The Morgan fingerprint density at radius 3 is 2.65 bits per heavy atom. The molecule has 0 aliphatic carbocycles. The highest BCUT2D eigenvalue weighted by atomic mass is 16.4. The van der Waals surface area contributed by atoms with Crippen molar-refractivity contribution in [2.45, 2.75) is 19.6 Å². The Morgan fingerprint density at radius 2 is 1.95 bits per heavy atom. The lowest BCUT2D eigenvalue weighted by molar-refractivity contribution is 0.282. The molecule has 20 heavy (non-hydrogen) atoms. The molecule has 1 atom stereocenters. The molecule has 3 aromatic rings. The number of hydrogen-bond donors (Lipinski definition) is 1. The molecule has 4 nitrogen and oxygen atoms in total. The van der Waals surface area contributed by atoms with Gasteiger partial charge in [0.1, 0.15) is 0 Å². The summed E-state index contributed by atoms with van der Waals surface area (Å²) in [6, 6.07) is 14.9. The number of aliphatic hydroxyl groups excluding tert-OH is 1. The topological polar surface area (TPSA) is 55.4 Å². The predicted molar refractivity (Wildman–Crippen MR) is 76.7 cm³/mol. The first kappa shape index (κ1) is 12.7. The lowest BCUT2D eigenvalue weighted by Gasteiger charge is -2.13. The lowest BCUT2D eigenvalue weighted by Crippen LogP contribution is -2.19. The SMILES string of the molecule is CC(c1ccccc1)n1c(=O)oc2ccc(CO)cc21. The van der Waals surface area contributed by atoms with Gasteiger partial charge in [-0.2, -0.15) is 0 Å². The summed E-state index contributed by atoms with van der Waals surface area (Å²) in [6.07, 6.45) is 0. The van der Waals surface area contributed by atoms with Gasteiger partial charge in [0.2, 0.25) is 0 Å². The van der Waals surface area contributed by atoms with Crippen LogP contribution in [0.5, 0.6) is 0 Å². The molecule has 0 aliphatic heterocycles. The van der Waals surface area contributed by atoms with E-state index in [1.807, 2.05) is 37.3 Å². The van der Waals surface area contributed by atoms with Gasteiger partial charge in [0.05, 0.1) is 18.2 Å². The van der Waals surface area contributed by atoms with Crippen molar-refractivity contribution in [2.24, 2.45) is 0 Å². The van der Waals surface area contributed by atoms with E-state index in [2.05, 4.69) is 0 Å². The first-order valence-corrected chi connectivity index (χ1v) is 6.50. The fraction of sp³-hybridized carbons (Fsp3) is 0.188. The highest BCUT2D eigenvalue weighted by molar-refractivity contribution is 5.74. The minimum atomic E-state index is -0.383. The molecule has 0 amide bonds. The predicted octanol–water partition coefficient (Wildman–Crippen LogP) is 2.70. The smallest absolute Gasteiger partial charge is 0.408 e. The highest BCUT2D eigenvalue weighted by Gasteiger charge is 2.16. The van der Waals surface area contributed by atoms with Gasteiger partial charge in [-0.1, -0.05) is 36.4 Å². The number of fused-ring (bicyclic) bond motifs is 1. The largest absolute Gasteiger partial charge is 0.420 e. The molecule has 0 saturated carbocycles. The van der Waals surface area contributed by atoms with Crippen LogP contribution in [0.3, 0.4) is 0 Å². The normalized spacial score (nSPS) is 12.7. The summed E-state index contributed by atoms with van der Waals surface area (Å²) in [7, 11) is 0. The van der Waals surface area contributed by atoms with Crippen LogP contribution in [0.2, 0.25) is 0 Å². The summed E-state index contributed by atoms with van der Waals surface area (Å²) >= 11 is 0. The van der Waals surface area contributed by atoms with Crippen molar-refractivity contribution in [3.63, 3.8) is 0 Å². The van der Waals surface area contributed by atoms with Gasteiger partial charge in [-0.15, -0.1) is 0 Å². The number of hydrogen-bond acceptors (Lipinski definition) is 3. The van der Waals surface area contributed by atoms with E-state index in [0.29, 0.717) is 11.1 Å². The third-order valence-corrected chi connectivity index (χ3v) is 3.53. The van der Waals surface area contributed by atoms with Gasteiger partial charge in [0.25, 0.3) is 0 Å². The fourth-order valence-corrected chi connectivity index (χ4v) is 2.42. The zero-order valence-electron chi connectivity index (χ0n) is 11.1. The maximum absolute atomic E-state index is 12.1. The van der Waals surface area contributed by atoms with Crippen molar-refractivity contribution >= 4 is 11.1 Å². The average Bonchev–Trinajstić information content (AvgIpc) is 2.82. The van der Waals surface area contributed by atoms with Crippen LogP contribution in [0.4, 0.5) is 0 Å². The van der Waals surface area contributed by atoms with Crippen molar-refractivity contribution in [3.05, 3.63) is 70.2 Å². The van der Waals surface area contributed by atoms with E-state index in [0.717, 1.165) is 11.1 Å². The quantitative estimate of drug-likeness (QED) is 0.795. The Hall–Kier alpha value is -2.33. The molecule has 4 heteroatoms. The number of nitrogens with zero attached hydrogens (tertiary/aromatic N) is 1. The molecule has 0 spiro atoms. The summed E-state index contributed by atoms with van der Waals surface area (Å²) in [5.74, 6) is -0.383. The summed E-state index contributed by atoms with van der Waals surface area (Å²) in [6.45, 7) is 1.90. The van der Waals surface area contributed by atoms with Gasteiger partial charge in [-0.25, -0.2) is 4.79 Å². The van der Waals surface area contributed by atoms with E-state index in [-0.39, 0.29) is 18.4 Å². The van der Waals surface area contributed by atoms with Gasteiger partial charge < -0.3 is 9.52 Å². The zero-order chi connectivity index (χ0) is 14.1. The molecule has 1 unspecified atom stereocenters. The van der Waals surface area contributed by atoms with Crippen LogP contribution in [-0.4, -0.2) is 9.67 Å². The minimum Gasteiger partial charge on any atom is -0.408 e. The van der Waals surface area contributed by atoms with Crippen LogP contribution in [0, 0.1) is 0 Å². The summed E-state index contributed by atoms with van der Waals surface area (Å²) in [5, 5.41) is 9.23. The average molecular weight is 269 g/mol. The Bertz CT molecular complexity index is 786. The van der Waals surface area contributed by atoms with Gasteiger partial charge in [-0.05, 0) is 30.2 Å². The van der Waals surface area contributed by atoms with Gasteiger partial charge >= 0.3 is 5.76 Å². The first-order valence-electron chi connectivity index (χ1n) is 6.50. The van der Waals surface area contributed by atoms with Crippen LogP contribution in [0.15, 0.2) is 57.7 Å². The summed E-state index contributed by atoms with van der Waals surface area (Å²) < 4.78 is 6.88. The lowest BCUT2D eigenvalue weighted by atomic mass is 10.1. The van der Waals surface area contributed by atoms with Crippen molar-refractivity contribution in [3.8, 4) is 0 Å². The molecule has 1 N–H and O–H groups in total. The van der Waals surface area contributed by atoms with Crippen LogP contribution < -0.4 is 5.76 Å². The summed E-state index contributed by atoms with van der Waals surface area (Å²) in [4.78, 5) is 12.1. The second-order valence-corrected chi connectivity index (χ2v) is 4.78. The molecule has 0 fully saturated rings. The van der Waals surface area contributed by atoms with Crippen molar-refractivity contribution in [2.75, 3.05) is 0 Å². The molecular weight excluding hydrogens is 254 g/mol. The molecule has 1 heterocycles. The van der Waals surface area contributed by atoms with Crippen LogP contribution in [0.1, 0.15) is 24.1 Å². The third-order valence-electron chi connectivity index (χ3n) is 3.53. The molecule has 102 valence electrons. The molecule has 2 aromatic carbocycles. The van der Waals surface area contributed by atoms with E-state index in [4.69, 9.17) is 4.42 Å². The second-order valence-electron chi connectivity index (χ2n) is 4.78. The molecule has 0 radical (unpaired) electrons. The second kappa shape index (κ2) is 4.98. The number of rotatable bonds is 3. The Kier molecular flexibility index (Phi) is 3.16. The molecule has 0 aliphatic rings. The monoisotopic (exact) mass is 269 g/mol. The van der Waals surface area contributed by atoms with E-state index in [9.17, 15) is 9.90 Å². The van der Waals surface area contributed by atoms with Crippen molar-refractivity contribution in [1.82, 2.24) is 4.57 Å². The molecule has 3 rings (SSSR count). The van der Waals surface area contributed by atoms with E-state index in [1.165, 1.54) is 0 Å². The third kappa shape index (κ3) is 2.04. The standard InChI is InChI=1S/C16H15NO3/c1-11(13-5-3-2-4-6-13)17-14-9-12(10-18)7-8-15(14)20-16(17)19/h2-9,11,18H,10H2,1H3. The summed E-state index contributed by atoms with van der Waals surface area (Å²) in [5.41, 5.74) is 3.03. The minimum absolute atomic E-state index is 0.0605. The van der Waals surface area contributed by atoms with Gasteiger partial charge in [-0.3, -0.25) is 4.57 Å². The number of aromatic nitrogens is 1. The number of aliphatic hydroxyl groups is 1. The molecular formula is C16H15NO3. The number of benzene rings is 2. The maximum atomic E-state index is 12.1. The molecule has 0 bridgehead atoms. The Labute approximate surface area is 115 Å². The van der Waals surface area contributed by atoms with Gasteiger partial charge in [0, 0.05) is 0 Å². The Balaban J connectivity index is 2.20. The molecule has 0 saturated heterocycles. The van der Waals surface area contributed by atoms with Crippen LogP contribution in [-0.2, 0) is 6.61 Å². The van der Waals surface area contributed by atoms with Crippen molar-refractivity contribution < 1.29 is 9.52 Å². The first-order chi connectivity index (χ1) is 9.70. The highest BCUT2D eigenvalue weighted by Crippen LogP contribution is 2.23. The Morgan fingerprint density at radius 1 is 1.20 bits per heavy atom. The molecule has 1 aromatic heterocycles. The van der Waals surface area contributed by atoms with Crippen LogP contribution in [0.25, 0.3) is 11.1 Å². The zero-order valence-corrected chi connectivity index (χ0v) is 11.1. The van der Waals surface area contributed by atoms with E-state index < -0.39 is 0 Å². The van der Waals surface area contributed by atoms with Crippen molar-refractivity contribution in [1.29, 1.82) is 0 Å². The van der Waals surface area contributed by atoms with Crippen LogP contribution >= 0.6 is 0 Å². The fourth-order valence-electron chi connectivity index (χ4n) is 2.42. The number of oxazole rings is 1.